The topological polar surface area (TPSA) is 80.5 Å². The van der Waals surface area contributed by atoms with Crippen LogP contribution in [0, 0.1) is 6.92 Å². The summed E-state index contributed by atoms with van der Waals surface area (Å²) in [6, 6.07) is 6.54. The maximum Gasteiger partial charge on any atom is 0.263 e. The van der Waals surface area contributed by atoms with Crippen LogP contribution in [-0.2, 0) is 9.84 Å². The molecule has 0 radical (unpaired) electrons. The lowest BCUT2D eigenvalue weighted by Crippen LogP contribution is -2.30. The molecule has 1 fully saturated rings. The summed E-state index contributed by atoms with van der Waals surface area (Å²) in [6.45, 7) is 3.28. The summed E-state index contributed by atoms with van der Waals surface area (Å²) in [4.78, 5) is 16.9. The minimum Gasteiger partial charge on any atom is -0.416 e. The molecule has 0 N–H and O–H groups in total. The second-order valence-corrected chi connectivity index (χ2v) is 7.51. The summed E-state index contributed by atoms with van der Waals surface area (Å²) in [5, 5.41) is -0.176. The van der Waals surface area contributed by atoms with Crippen molar-refractivity contribution < 1.29 is 17.6 Å². The summed E-state index contributed by atoms with van der Waals surface area (Å²) in [6.07, 6.45) is 3.45. The van der Waals surface area contributed by atoms with Gasteiger partial charge in [-0.3, -0.25) is 4.79 Å². The first-order chi connectivity index (χ1) is 11.0. The molecule has 2 aromatic rings. The number of nitrogens with zero attached hydrogens (tertiary/aromatic N) is 2. The van der Waals surface area contributed by atoms with Crippen molar-refractivity contribution in [2.24, 2.45) is 0 Å². The Morgan fingerprint density at radius 2 is 1.78 bits per heavy atom. The number of sulfone groups is 1. The van der Waals surface area contributed by atoms with E-state index in [-0.39, 0.29) is 21.7 Å². The summed E-state index contributed by atoms with van der Waals surface area (Å²) >= 11 is 0. The molecule has 0 bridgehead atoms. The number of hydrogen-bond donors (Lipinski definition) is 0. The molecule has 0 unspecified atom stereocenters. The van der Waals surface area contributed by atoms with E-state index in [0.717, 1.165) is 24.8 Å². The number of rotatable bonds is 4. The second-order valence-electron chi connectivity index (χ2n) is 5.64. The Balaban J connectivity index is 2.08. The van der Waals surface area contributed by atoms with Gasteiger partial charge in [0, 0.05) is 13.1 Å². The van der Waals surface area contributed by atoms with Gasteiger partial charge in [0.25, 0.3) is 5.89 Å². The van der Waals surface area contributed by atoms with Gasteiger partial charge in [0.1, 0.15) is 0 Å². The molecular weight excluding hydrogens is 316 g/mol. The van der Waals surface area contributed by atoms with Gasteiger partial charge < -0.3 is 9.32 Å². The highest BCUT2D eigenvalue weighted by Crippen LogP contribution is 2.32. The normalized spacial score (nSPS) is 15.6. The van der Waals surface area contributed by atoms with Crippen molar-refractivity contribution >= 4 is 22.0 Å². The number of anilines is 1. The lowest BCUT2D eigenvalue weighted by molar-refractivity contribution is 0.109. The molecule has 0 spiro atoms. The Morgan fingerprint density at radius 3 is 2.39 bits per heavy atom. The number of aldehydes is 1. The Labute approximate surface area is 135 Å². The largest absolute Gasteiger partial charge is 0.416 e. The van der Waals surface area contributed by atoms with Crippen molar-refractivity contribution in [3.05, 3.63) is 35.7 Å². The molecule has 1 aromatic heterocycles. The molecule has 122 valence electrons. The fourth-order valence-corrected chi connectivity index (χ4v) is 3.99. The molecule has 23 heavy (non-hydrogen) atoms. The van der Waals surface area contributed by atoms with Crippen LogP contribution >= 0.6 is 0 Å². The van der Waals surface area contributed by atoms with Crippen LogP contribution in [0.2, 0.25) is 0 Å². The zero-order valence-electron chi connectivity index (χ0n) is 12.9. The number of benzene rings is 1. The van der Waals surface area contributed by atoms with E-state index in [1.54, 1.807) is 24.3 Å². The molecule has 1 aromatic carbocycles. The average Bonchev–Trinajstić information content (AvgIpc) is 3.01. The highest BCUT2D eigenvalue weighted by Gasteiger charge is 2.31. The van der Waals surface area contributed by atoms with Crippen molar-refractivity contribution in [1.29, 1.82) is 0 Å². The Hall–Kier alpha value is -2.15. The molecule has 2 heterocycles. The molecule has 0 atom stereocenters. The van der Waals surface area contributed by atoms with Gasteiger partial charge in [0.15, 0.2) is 0 Å². The van der Waals surface area contributed by atoms with Crippen molar-refractivity contribution in [2.75, 3.05) is 18.0 Å². The number of piperidine rings is 1. The lowest BCUT2D eigenvalue weighted by atomic mass is 10.1. The van der Waals surface area contributed by atoms with Crippen LogP contribution in [-0.4, -0.2) is 32.8 Å². The van der Waals surface area contributed by atoms with Gasteiger partial charge in [-0.15, -0.1) is 0 Å². The summed E-state index contributed by atoms with van der Waals surface area (Å²) < 4.78 is 31.1. The second kappa shape index (κ2) is 6.16. The van der Waals surface area contributed by atoms with Crippen LogP contribution in [0.4, 0.5) is 5.88 Å². The maximum atomic E-state index is 12.9. The Bertz CT molecular complexity index is 803. The van der Waals surface area contributed by atoms with Crippen LogP contribution in [0.3, 0.4) is 0 Å². The van der Waals surface area contributed by atoms with E-state index >= 15 is 0 Å². The zero-order chi connectivity index (χ0) is 16.4. The van der Waals surface area contributed by atoms with E-state index in [1.165, 1.54) is 0 Å². The molecule has 0 amide bonds. The predicted octanol–water partition coefficient (Wildman–Crippen LogP) is 2.62. The van der Waals surface area contributed by atoms with Crippen molar-refractivity contribution in [3.8, 4) is 0 Å². The smallest absolute Gasteiger partial charge is 0.263 e. The number of aromatic nitrogens is 1. The maximum absolute atomic E-state index is 12.9. The molecule has 1 saturated heterocycles. The first-order valence-electron chi connectivity index (χ1n) is 7.55. The van der Waals surface area contributed by atoms with Crippen LogP contribution in [0.25, 0.3) is 0 Å². The van der Waals surface area contributed by atoms with E-state index < -0.39 is 9.84 Å². The number of carbonyl (C=O) groups excluding carboxylic acids is 1. The molecule has 1 aliphatic heterocycles. The summed E-state index contributed by atoms with van der Waals surface area (Å²) in [7, 11) is -3.83. The first kappa shape index (κ1) is 15.7. The first-order valence-corrected chi connectivity index (χ1v) is 9.03. The Morgan fingerprint density at radius 1 is 1.13 bits per heavy atom. The molecular formula is C16H18N2O4S. The number of aryl methyl sites for hydroxylation is 1. The quantitative estimate of drug-likeness (QED) is 0.800. The zero-order valence-corrected chi connectivity index (χ0v) is 13.7. The van der Waals surface area contributed by atoms with Gasteiger partial charge in [-0.25, -0.2) is 8.42 Å². The number of hydrogen-bond acceptors (Lipinski definition) is 6. The van der Waals surface area contributed by atoms with Crippen molar-refractivity contribution in [3.63, 3.8) is 0 Å². The van der Waals surface area contributed by atoms with E-state index in [9.17, 15) is 13.2 Å². The minimum atomic E-state index is -3.83. The third-order valence-corrected chi connectivity index (χ3v) is 5.59. The highest BCUT2D eigenvalue weighted by atomic mass is 32.2. The molecule has 0 saturated carbocycles. The van der Waals surface area contributed by atoms with Gasteiger partial charge >= 0.3 is 0 Å². The molecule has 1 aliphatic rings. The van der Waals surface area contributed by atoms with Crippen LogP contribution in [0.15, 0.2) is 38.6 Å². The van der Waals surface area contributed by atoms with Gasteiger partial charge in [0.05, 0.1) is 4.90 Å². The van der Waals surface area contributed by atoms with Gasteiger partial charge in [-0.2, -0.15) is 4.98 Å². The third-order valence-electron chi connectivity index (χ3n) is 3.93. The van der Waals surface area contributed by atoms with E-state index in [0.29, 0.717) is 19.4 Å². The Kier molecular flexibility index (Phi) is 4.21. The van der Waals surface area contributed by atoms with Crippen LogP contribution in [0.5, 0.6) is 0 Å². The minimum absolute atomic E-state index is 0.145. The van der Waals surface area contributed by atoms with Gasteiger partial charge in [0.2, 0.25) is 27.0 Å². The third kappa shape index (κ3) is 3.01. The lowest BCUT2D eigenvalue weighted by Gasteiger charge is -2.26. The number of oxazole rings is 1. The SMILES string of the molecule is Cc1ccc(S(=O)(=O)c2nc(C=O)oc2N2CCCCC2)cc1. The van der Waals surface area contributed by atoms with E-state index in [1.807, 2.05) is 11.8 Å². The summed E-state index contributed by atoms with van der Waals surface area (Å²) in [5.74, 6) is -0.0383. The fraction of sp³-hybridized carbons (Fsp3) is 0.375. The van der Waals surface area contributed by atoms with Crippen molar-refractivity contribution in [1.82, 2.24) is 4.98 Å². The monoisotopic (exact) mass is 334 g/mol. The average molecular weight is 334 g/mol. The molecule has 0 aliphatic carbocycles. The molecule has 7 heteroatoms. The van der Waals surface area contributed by atoms with Crippen LogP contribution in [0.1, 0.15) is 35.5 Å². The highest BCUT2D eigenvalue weighted by molar-refractivity contribution is 7.91. The van der Waals surface area contributed by atoms with E-state index in [2.05, 4.69) is 4.98 Å². The van der Waals surface area contributed by atoms with Gasteiger partial charge in [-0.1, -0.05) is 17.7 Å². The van der Waals surface area contributed by atoms with E-state index in [4.69, 9.17) is 4.42 Å². The van der Waals surface area contributed by atoms with Gasteiger partial charge in [-0.05, 0) is 38.3 Å². The standard InChI is InChI=1S/C16H18N2O4S/c1-12-5-7-13(8-6-12)23(20,21)15-16(22-14(11-19)17-15)18-9-3-2-4-10-18/h5-8,11H,2-4,9-10H2,1H3. The van der Waals surface area contributed by atoms with Crippen LogP contribution < -0.4 is 4.90 Å². The fourth-order valence-electron chi connectivity index (χ4n) is 2.66. The predicted molar refractivity (Wildman–Crippen MR) is 84.6 cm³/mol. The molecule has 6 nitrogen and oxygen atoms in total. The molecule has 3 rings (SSSR count). The summed E-state index contributed by atoms with van der Waals surface area (Å²) in [5.41, 5.74) is 0.967. The van der Waals surface area contributed by atoms with Crippen molar-refractivity contribution in [2.45, 2.75) is 36.1 Å². The number of carbonyl (C=O) groups is 1.